The number of aryl methyl sites for hydroxylation is 1. The lowest BCUT2D eigenvalue weighted by Crippen LogP contribution is -2.31. The molecule has 0 aromatic heterocycles. The van der Waals surface area contributed by atoms with Gasteiger partial charge in [-0.15, -0.1) is 0 Å². The summed E-state index contributed by atoms with van der Waals surface area (Å²) in [5.41, 5.74) is 2.15. The van der Waals surface area contributed by atoms with Crippen LogP contribution >= 0.6 is 11.6 Å². The quantitative estimate of drug-likeness (QED) is 0.777. The molecule has 0 bridgehead atoms. The van der Waals surface area contributed by atoms with Crippen LogP contribution in [0.1, 0.15) is 30.9 Å². The van der Waals surface area contributed by atoms with E-state index in [-0.39, 0.29) is 6.61 Å². The molecule has 0 saturated heterocycles. The van der Waals surface area contributed by atoms with Crippen LogP contribution in [0.25, 0.3) is 5.57 Å². The Hall–Kier alpha value is -1.42. The molecule has 2 rings (SSSR count). The number of hydrogen-bond acceptors (Lipinski definition) is 2. The zero-order chi connectivity index (χ0) is 14.8. The first-order valence-electron chi connectivity index (χ1n) is 6.47. The van der Waals surface area contributed by atoms with E-state index in [4.69, 9.17) is 11.6 Å². The lowest BCUT2D eigenvalue weighted by molar-refractivity contribution is -0.170. The van der Waals surface area contributed by atoms with E-state index >= 15 is 0 Å². The Bertz CT molecular complexity index is 553. The highest BCUT2D eigenvalue weighted by atomic mass is 35.5. The molecule has 0 amide bonds. The average molecular weight is 301 g/mol. The maximum atomic E-state index is 13.8. The number of rotatable bonds is 4. The van der Waals surface area contributed by atoms with Gasteiger partial charge in [0.25, 0.3) is 0 Å². The molecular formula is C15H15ClF2O2. The molecule has 0 spiro atoms. The van der Waals surface area contributed by atoms with Crippen LogP contribution in [0.5, 0.6) is 0 Å². The van der Waals surface area contributed by atoms with Crippen LogP contribution in [-0.4, -0.2) is 18.5 Å². The van der Waals surface area contributed by atoms with Gasteiger partial charge in [-0.25, -0.2) is 4.79 Å². The minimum atomic E-state index is -3.50. The monoisotopic (exact) mass is 300 g/mol. The number of esters is 1. The molecular weight excluding hydrogens is 286 g/mol. The number of alkyl halides is 2. The summed E-state index contributed by atoms with van der Waals surface area (Å²) in [4.78, 5) is 11.3. The number of halogens is 3. The van der Waals surface area contributed by atoms with E-state index in [0.717, 1.165) is 17.5 Å². The van der Waals surface area contributed by atoms with Crippen LogP contribution in [0.15, 0.2) is 24.3 Å². The van der Waals surface area contributed by atoms with E-state index in [1.54, 1.807) is 24.3 Å². The lowest BCUT2D eigenvalue weighted by atomic mass is 9.88. The van der Waals surface area contributed by atoms with Crippen LogP contribution in [0.3, 0.4) is 0 Å². The number of fused-ring (bicyclic) bond motifs is 1. The van der Waals surface area contributed by atoms with Crippen LogP contribution in [0.2, 0.25) is 5.02 Å². The number of benzene rings is 1. The molecule has 0 aliphatic heterocycles. The Labute approximate surface area is 121 Å². The van der Waals surface area contributed by atoms with E-state index in [0.29, 0.717) is 17.0 Å². The summed E-state index contributed by atoms with van der Waals surface area (Å²) in [5.74, 6) is -4.97. The highest BCUT2D eigenvalue weighted by molar-refractivity contribution is 6.30. The Morgan fingerprint density at radius 2 is 2.20 bits per heavy atom. The number of ether oxygens (including phenoxy) is 1. The molecule has 108 valence electrons. The van der Waals surface area contributed by atoms with Crippen molar-refractivity contribution < 1.29 is 18.3 Å². The molecule has 0 N–H and O–H groups in total. The lowest BCUT2D eigenvalue weighted by Gasteiger charge is -2.21. The second kappa shape index (κ2) is 5.92. The molecule has 1 aliphatic rings. The minimum absolute atomic E-state index is 0.0559. The van der Waals surface area contributed by atoms with Gasteiger partial charge in [0.2, 0.25) is 0 Å². The van der Waals surface area contributed by atoms with Crippen molar-refractivity contribution in [2.45, 2.75) is 32.1 Å². The van der Waals surface area contributed by atoms with Gasteiger partial charge in [-0.2, -0.15) is 8.78 Å². The average Bonchev–Trinajstić information content (AvgIpc) is 2.38. The van der Waals surface area contributed by atoms with Crippen molar-refractivity contribution in [1.82, 2.24) is 0 Å². The van der Waals surface area contributed by atoms with Crippen molar-refractivity contribution >= 4 is 23.1 Å². The Kier molecular flexibility index (Phi) is 4.43. The maximum absolute atomic E-state index is 13.8. The molecule has 1 aromatic rings. The molecule has 0 saturated carbocycles. The minimum Gasteiger partial charge on any atom is -0.462 e. The zero-order valence-electron chi connectivity index (χ0n) is 11.1. The van der Waals surface area contributed by atoms with Gasteiger partial charge >= 0.3 is 11.9 Å². The van der Waals surface area contributed by atoms with Crippen LogP contribution in [0.4, 0.5) is 8.78 Å². The number of carbonyl (C=O) groups is 1. The van der Waals surface area contributed by atoms with Gasteiger partial charge < -0.3 is 4.74 Å². The molecule has 1 aliphatic carbocycles. The van der Waals surface area contributed by atoms with Gasteiger partial charge in [0.05, 0.1) is 6.61 Å². The maximum Gasteiger partial charge on any atom is 0.377 e. The van der Waals surface area contributed by atoms with Crippen molar-refractivity contribution in [2.75, 3.05) is 6.61 Å². The van der Waals surface area contributed by atoms with Crippen molar-refractivity contribution in [3.8, 4) is 0 Å². The summed E-state index contributed by atoms with van der Waals surface area (Å²) in [7, 11) is 0. The van der Waals surface area contributed by atoms with Crippen LogP contribution in [0, 0.1) is 0 Å². The fourth-order valence-corrected chi connectivity index (χ4v) is 2.50. The smallest absolute Gasteiger partial charge is 0.377 e. The van der Waals surface area contributed by atoms with E-state index in [2.05, 4.69) is 4.74 Å². The first-order chi connectivity index (χ1) is 9.44. The fourth-order valence-electron chi connectivity index (χ4n) is 2.31. The van der Waals surface area contributed by atoms with Gasteiger partial charge in [-0.1, -0.05) is 23.7 Å². The van der Waals surface area contributed by atoms with Crippen LogP contribution < -0.4 is 0 Å². The SMILES string of the molecule is CCOC(=O)C(F)(F)CC1=CCCc2cc(Cl)ccc21. The molecule has 0 fully saturated rings. The fraction of sp³-hybridized carbons (Fsp3) is 0.400. The van der Waals surface area contributed by atoms with Crippen molar-refractivity contribution in [1.29, 1.82) is 0 Å². The molecule has 0 atom stereocenters. The number of carbonyl (C=O) groups excluding carboxylic acids is 1. The van der Waals surface area contributed by atoms with Gasteiger partial charge in [0.1, 0.15) is 0 Å². The highest BCUT2D eigenvalue weighted by Crippen LogP contribution is 2.36. The molecule has 0 radical (unpaired) electrons. The summed E-state index contributed by atoms with van der Waals surface area (Å²) < 4.78 is 32.1. The third-order valence-corrected chi connectivity index (χ3v) is 3.44. The van der Waals surface area contributed by atoms with Crippen molar-refractivity contribution in [2.24, 2.45) is 0 Å². The zero-order valence-corrected chi connectivity index (χ0v) is 11.8. The summed E-state index contributed by atoms with van der Waals surface area (Å²) in [6, 6.07) is 5.18. The summed E-state index contributed by atoms with van der Waals surface area (Å²) in [6.07, 6.45) is 2.55. The predicted octanol–water partition coefficient (Wildman–Crippen LogP) is 4.26. The van der Waals surface area contributed by atoms with Gasteiger partial charge in [-0.05, 0) is 48.6 Å². The van der Waals surface area contributed by atoms with E-state index in [1.807, 2.05) is 0 Å². The standard InChI is InChI=1S/C15H15ClF2O2/c1-2-20-14(19)15(17,18)9-11-5-3-4-10-8-12(16)6-7-13(10)11/h5-8H,2-4,9H2,1H3. The predicted molar refractivity (Wildman–Crippen MR) is 73.9 cm³/mol. The molecule has 0 unspecified atom stereocenters. The third kappa shape index (κ3) is 3.18. The first kappa shape index (κ1) is 15.0. The van der Waals surface area contributed by atoms with Crippen molar-refractivity contribution in [3.05, 3.63) is 40.4 Å². The normalized spacial score (nSPS) is 14.5. The molecule has 5 heteroatoms. The van der Waals surface area contributed by atoms with Gasteiger partial charge in [0, 0.05) is 11.4 Å². The summed E-state index contributed by atoms with van der Waals surface area (Å²) in [6.45, 7) is 1.45. The highest BCUT2D eigenvalue weighted by Gasteiger charge is 2.41. The summed E-state index contributed by atoms with van der Waals surface area (Å²) in [5, 5.41) is 0.585. The molecule has 20 heavy (non-hydrogen) atoms. The third-order valence-electron chi connectivity index (χ3n) is 3.20. The Balaban J connectivity index is 2.23. The van der Waals surface area contributed by atoms with Crippen molar-refractivity contribution in [3.63, 3.8) is 0 Å². The Morgan fingerprint density at radius 1 is 1.45 bits per heavy atom. The van der Waals surface area contributed by atoms with E-state index in [1.165, 1.54) is 6.92 Å². The second-order valence-corrected chi connectivity index (χ2v) is 5.11. The summed E-state index contributed by atoms with van der Waals surface area (Å²) >= 11 is 5.91. The van der Waals surface area contributed by atoms with E-state index in [9.17, 15) is 13.6 Å². The molecule has 1 aromatic carbocycles. The van der Waals surface area contributed by atoms with Gasteiger partial charge in [0.15, 0.2) is 0 Å². The topological polar surface area (TPSA) is 26.3 Å². The van der Waals surface area contributed by atoms with Crippen LogP contribution in [-0.2, 0) is 16.0 Å². The van der Waals surface area contributed by atoms with E-state index < -0.39 is 18.3 Å². The number of hydrogen-bond donors (Lipinski definition) is 0. The first-order valence-corrected chi connectivity index (χ1v) is 6.84. The number of allylic oxidation sites excluding steroid dienone is 2. The molecule has 2 nitrogen and oxygen atoms in total. The van der Waals surface area contributed by atoms with Gasteiger partial charge in [-0.3, -0.25) is 0 Å². The largest absolute Gasteiger partial charge is 0.462 e. The molecule has 0 heterocycles. The Morgan fingerprint density at radius 3 is 2.90 bits per heavy atom. The second-order valence-electron chi connectivity index (χ2n) is 4.67.